The molecule has 3 N–H and O–H groups in total. The predicted molar refractivity (Wildman–Crippen MR) is 216 cm³/mol. The van der Waals surface area contributed by atoms with Crippen LogP contribution in [0.3, 0.4) is 0 Å². The number of piperidine rings is 1. The van der Waals surface area contributed by atoms with Gasteiger partial charge in [0.25, 0.3) is 5.91 Å². The first-order valence-electron chi connectivity index (χ1n) is 18.2. The number of furan rings is 1. The largest absolute Gasteiger partial charge is 0.494 e. The van der Waals surface area contributed by atoms with Gasteiger partial charge in [-0.25, -0.2) is 4.21 Å². The van der Waals surface area contributed by atoms with Gasteiger partial charge in [-0.2, -0.15) is 5.10 Å². The first kappa shape index (κ1) is 41.1. The number of benzene rings is 2. The van der Waals surface area contributed by atoms with Crippen molar-refractivity contribution >= 4 is 57.4 Å². The molecule has 0 saturated carbocycles. The summed E-state index contributed by atoms with van der Waals surface area (Å²) in [5.41, 5.74) is 9.86. The Hall–Kier alpha value is -4.10. The number of carbonyl (C=O) groups excluding carboxylic acids is 2. The van der Waals surface area contributed by atoms with E-state index in [1.165, 1.54) is 28.8 Å². The lowest BCUT2D eigenvalue weighted by Gasteiger charge is -2.30. The lowest BCUT2D eigenvalue weighted by Crippen LogP contribution is -2.38. The fraction of sp³-hybridized carbons (Fsp3) is 0.425. The van der Waals surface area contributed by atoms with E-state index in [0.29, 0.717) is 25.5 Å². The highest BCUT2D eigenvalue weighted by atomic mass is 35.5. The van der Waals surface area contributed by atoms with Crippen molar-refractivity contribution in [2.45, 2.75) is 72.3 Å². The molecular formula is C40H50Cl2N6O5S. The molecule has 2 amide bonds. The van der Waals surface area contributed by atoms with Gasteiger partial charge in [0.1, 0.15) is 5.75 Å². The van der Waals surface area contributed by atoms with E-state index in [9.17, 15) is 13.8 Å². The molecule has 0 aliphatic carbocycles. The van der Waals surface area contributed by atoms with Crippen molar-refractivity contribution in [3.05, 3.63) is 86.0 Å². The molecule has 290 valence electrons. The predicted octanol–water partition coefficient (Wildman–Crippen LogP) is 7.94. The van der Waals surface area contributed by atoms with Crippen LogP contribution in [0.4, 0.5) is 0 Å². The molecule has 0 bridgehead atoms. The third kappa shape index (κ3) is 9.57. The van der Waals surface area contributed by atoms with Crippen molar-refractivity contribution in [3.8, 4) is 16.9 Å². The number of likely N-dealkylation sites (tertiary alicyclic amines) is 1. The molecule has 1 fully saturated rings. The second-order valence-corrected chi connectivity index (χ2v) is 15.7. The van der Waals surface area contributed by atoms with Crippen LogP contribution in [0, 0.1) is 40.5 Å². The highest BCUT2D eigenvalue weighted by molar-refractivity contribution is 7.83. The van der Waals surface area contributed by atoms with Gasteiger partial charge < -0.3 is 24.4 Å². The van der Waals surface area contributed by atoms with E-state index in [0.717, 1.165) is 100 Å². The van der Waals surface area contributed by atoms with Gasteiger partial charge in [0.05, 0.1) is 22.8 Å². The summed E-state index contributed by atoms with van der Waals surface area (Å²) in [5.74, 6) is 1.12. The lowest BCUT2D eigenvalue weighted by molar-refractivity contribution is -0.108. The van der Waals surface area contributed by atoms with Crippen LogP contribution in [0.5, 0.6) is 5.75 Å². The molecule has 2 aromatic carbocycles. The number of aromatic nitrogens is 3. The fourth-order valence-electron chi connectivity index (χ4n) is 7.03. The molecule has 3 aromatic heterocycles. The summed E-state index contributed by atoms with van der Waals surface area (Å²) in [6.07, 6.45) is 4.30. The van der Waals surface area contributed by atoms with Crippen molar-refractivity contribution in [3.63, 3.8) is 0 Å². The number of carbonyl (C=O) groups is 2. The Balaban J connectivity index is 0.000000223. The van der Waals surface area contributed by atoms with Crippen LogP contribution in [0.25, 0.3) is 22.0 Å². The topological polar surface area (TPSA) is 134 Å². The number of nitrogens with one attached hydrogen (secondary N) is 3. The molecular weight excluding hydrogens is 747 g/mol. The average molecular weight is 798 g/mol. The zero-order valence-corrected chi connectivity index (χ0v) is 34.4. The van der Waals surface area contributed by atoms with E-state index in [1.807, 2.05) is 50.7 Å². The molecule has 1 atom stereocenters. The van der Waals surface area contributed by atoms with E-state index in [2.05, 4.69) is 51.9 Å². The minimum Gasteiger partial charge on any atom is -0.494 e. The smallest absolute Gasteiger partial charge is 0.287 e. The van der Waals surface area contributed by atoms with Gasteiger partial charge in [0.15, 0.2) is 16.7 Å². The number of hydrogen-bond donors (Lipinski definition) is 3. The Morgan fingerprint density at radius 3 is 2.41 bits per heavy atom. The van der Waals surface area contributed by atoms with E-state index in [-0.39, 0.29) is 16.8 Å². The number of nitrogens with zero attached hydrogens (tertiary/aromatic N) is 3. The average Bonchev–Trinajstić information content (AvgIpc) is 3.84. The van der Waals surface area contributed by atoms with Crippen LogP contribution in [-0.4, -0.2) is 69.0 Å². The zero-order chi connectivity index (χ0) is 39.1. The number of ether oxygens (including phenoxy) is 1. The molecule has 0 spiro atoms. The minimum atomic E-state index is -1.76. The van der Waals surface area contributed by atoms with Crippen LogP contribution in [0.15, 0.2) is 45.9 Å². The molecule has 14 heteroatoms. The maximum Gasteiger partial charge on any atom is 0.287 e. The molecule has 4 heterocycles. The minimum absolute atomic E-state index is 0.0495. The number of H-pyrrole nitrogens is 1. The van der Waals surface area contributed by atoms with Gasteiger partial charge in [0.2, 0.25) is 11.5 Å². The van der Waals surface area contributed by atoms with Crippen LogP contribution in [-0.2, 0) is 29.2 Å². The number of halogens is 2. The van der Waals surface area contributed by atoms with Crippen LogP contribution in [0.1, 0.15) is 70.5 Å². The number of fused-ring (bicyclic) bond motifs is 1. The molecule has 11 nitrogen and oxygen atoms in total. The zero-order valence-electron chi connectivity index (χ0n) is 32.0. The molecule has 0 radical (unpaired) electrons. The normalized spacial score (nSPS) is 14.1. The van der Waals surface area contributed by atoms with Crippen LogP contribution in [0.2, 0.25) is 10.0 Å². The maximum absolute atomic E-state index is 12.0. The van der Waals surface area contributed by atoms with E-state index in [4.69, 9.17) is 32.4 Å². The molecule has 5 aromatic rings. The lowest BCUT2D eigenvalue weighted by atomic mass is 9.97. The summed E-state index contributed by atoms with van der Waals surface area (Å²) in [5, 5.41) is 10.2. The van der Waals surface area contributed by atoms with Crippen LogP contribution < -0.4 is 14.8 Å². The second kappa shape index (κ2) is 18.5. The van der Waals surface area contributed by atoms with Crippen molar-refractivity contribution in [1.29, 1.82) is 0 Å². The van der Waals surface area contributed by atoms with Gasteiger partial charge in [-0.3, -0.25) is 19.0 Å². The second-order valence-electron chi connectivity index (χ2n) is 13.8. The summed E-state index contributed by atoms with van der Waals surface area (Å²) in [6, 6.07) is 11.0. The third-order valence-corrected chi connectivity index (χ3v) is 11.9. The summed E-state index contributed by atoms with van der Waals surface area (Å²) in [4.78, 5) is 28.2. The van der Waals surface area contributed by atoms with E-state index in [1.54, 1.807) is 0 Å². The first-order valence-corrected chi connectivity index (χ1v) is 20.1. The van der Waals surface area contributed by atoms with Crippen molar-refractivity contribution in [2.24, 2.45) is 13.0 Å². The number of aryl methyl sites for hydroxylation is 6. The number of amides is 2. The number of rotatable bonds is 13. The molecule has 1 aliphatic heterocycles. The third-order valence-electron chi connectivity index (χ3n) is 10.1. The SMILES string of the molecule is CCN1CCC(CNC(=O)c2ccc(S(=O)NC=O)o2)CC1.Cc1cc(OCCCc2c(C)[nH]c3c(-c4c(C)nn(C)c4C)c(Cl)ccc23)cc(C)c1Cl. The summed E-state index contributed by atoms with van der Waals surface area (Å²) in [7, 11) is 0.204. The Bertz CT molecular complexity index is 2110. The Morgan fingerprint density at radius 2 is 1.78 bits per heavy atom. The standard InChI is InChI=1S/C26H29Cl2N3O.C14H21N3O4S/c1-14-12-19(13-15(2)25(14)28)32-11-7-8-20-16(3)29-26-21(20)9-10-22(27)24(26)23-17(4)30-31(6)18(23)5;1-2-17-7-5-11(6-8-17)9-15-14(19)12-3-4-13(21-12)22(20)16-10-18/h9-10,12-13,29H,7-8,11H2,1-6H3;3-4,10-11H,2,5-9H2,1H3,(H,15,19)(H,16,18). The quantitative estimate of drug-likeness (QED) is 0.0814. The fourth-order valence-corrected chi connectivity index (χ4v) is 7.95. The van der Waals surface area contributed by atoms with Gasteiger partial charge >= 0.3 is 0 Å². The Labute approximate surface area is 329 Å². The molecule has 54 heavy (non-hydrogen) atoms. The van der Waals surface area contributed by atoms with Gasteiger partial charge in [0, 0.05) is 46.5 Å². The number of aromatic amines is 1. The summed E-state index contributed by atoms with van der Waals surface area (Å²) in [6.45, 7) is 16.9. The Kier molecular flexibility index (Phi) is 14.1. The van der Waals surface area contributed by atoms with E-state index >= 15 is 0 Å². The molecule has 1 saturated heterocycles. The first-order chi connectivity index (χ1) is 25.8. The van der Waals surface area contributed by atoms with Crippen molar-refractivity contribution in [2.75, 3.05) is 32.8 Å². The summed E-state index contributed by atoms with van der Waals surface area (Å²) < 4.78 is 26.7. The van der Waals surface area contributed by atoms with Gasteiger partial charge in [-0.05, 0) is 133 Å². The van der Waals surface area contributed by atoms with Crippen LogP contribution >= 0.6 is 23.2 Å². The summed E-state index contributed by atoms with van der Waals surface area (Å²) >= 11 is 13.0. The highest BCUT2D eigenvalue weighted by Crippen LogP contribution is 2.40. The van der Waals surface area contributed by atoms with Gasteiger partial charge in [-0.15, -0.1) is 0 Å². The number of hydrogen-bond acceptors (Lipinski definition) is 7. The van der Waals surface area contributed by atoms with E-state index < -0.39 is 11.0 Å². The van der Waals surface area contributed by atoms with Gasteiger partial charge in [-0.1, -0.05) is 36.2 Å². The Morgan fingerprint density at radius 1 is 1.07 bits per heavy atom. The molecule has 1 unspecified atom stereocenters. The molecule has 1 aliphatic rings. The van der Waals surface area contributed by atoms with Crippen molar-refractivity contribution < 1.29 is 23.0 Å². The monoisotopic (exact) mass is 796 g/mol. The maximum atomic E-state index is 12.0. The van der Waals surface area contributed by atoms with Crippen molar-refractivity contribution in [1.82, 2.24) is 29.7 Å². The molecule has 6 rings (SSSR count). The highest BCUT2D eigenvalue weighted by Gasteiger charge is 2.22.